The predicted molar refractivity (Wildman–Crippen MR) is 110 cm³/mol. The zero-order valence-electron chi connectivity index (χ0n) is 15.6. The summed E-state index contributed by atoms with van der Waals surface area (Å²) in [6.07, 6.45) is 3.48. The van der Waals surface area contributed by atoms with Crippen molar-refractivity contribution in [3.8, 4) is 22.8 Å². The van der Waals surface area contributed by atoms with E-state index in [4.69, 9.17) is 4.42 Å². The van der Waals surface area contributed by atoms with E-state index in [2.05, 4.69) is 15.3 Å². The number of carbonyl (C=O) groups is 1. The van der Waals surface area contributed by atoms with Gasteiger partial charge in [0.1, 0.15) is 0 Å². The number of aryl methyl sites for hydroxylation is 2. The Morgan fingerprint density at radius 1 is 1.04 bits per heavy atom. The van der Waals surface area contributed by atoms with Crippen LogP contribution in [0, 0.1) is 13.8 Å². The summed E-state index contributed by atoms with van der Waals surface area (Å²) in [7, 11) is 0. The highest BCUT2D eigenvalue weighted by atomic mass is 32.1. The molecule has 0 spiro atoms. The highest BCUT2D eigenvalue weighted by molar-refractivity contribution is 7.11. The van der Waals surface area contributed by atoms with E-state index in [1.165, 1.54) is 5.56 Å². The Balaban J connectivity index is 1.57. The van der Waals surface area contributed by atoms with E-state index < -0.39 is 0 Å². The molecule has 6 heteroatoms. The minimum atomic E-state index is -0.170. The molecule has 0 bridgehead atoms. The van der Waals surface area contributed by atoms with Crippen molar-refractivity contribution in [3.63, 3.8) is 0 Å². The molecule has 1 amide bonds. The number of carbonyl (C=O) groups excluding carboxylic acids is 1. The summed E-state index contributed by atoms with van der Waals surface area (Å²) in [6, 6.07) is 15.4. The van der Waals surface area contributed by atoms with E-state index in [-0.39, 0.29) is 5.91 Å². The molecular formula is C22H19N3O2S. The first-order chi connectivity index (χ1) is 13.6. The summed E-state index contributed by atoms with van der Waals surface area (Å²) in [5.41, 5.74) is 3.33. The third kappa shape index (κ3) is 3.87. The average Bonchev–Trinajstić information content (AvgIpc) is 3.36. The first-order valence-electron chi connectivity index (χ1n) is 8.92. The molecule has 0 radical (unpaired) electrons. The van der Waals surface area contributed by atoms with E-state index in [0.717, 1.165) is 15.4 Å². The van der Waals surface area contributed by atoms with Gasteiger partial charge in [0.15, 0.2) is 5.76 Å². The normalized spacial score (nSPS) is 10.8. The second kappa shape index (κ2) is 7.78. The average molecular weight is 389 g/mol. The molecule has 2 aromatic heterocycles. The fourth-order valence-electron chi connectivity index (χ4n) is 2.87. The number of oxazole rings is 1. The highest BCUT2D eigenvalue weighted by Gasteiger charge is 2.17. The van der Waals surface area contributed by atoms with Crippen LogP contribution in [0.3, 0.4) is 0 Å². The molecule has 4 rings (SSSR count). The lowest BCUT2D eigenvalue weighted by atomic mass is 10.1. The van der Waals surface area contributed by atoms with E-state index in [0.29, 0.717) is 29.3 Å². The van der Waals surface area contributed by atoms with Gasteiger partial charge in [-0.1, -0.05) is 42.0 Å². The standard InChI is InChI=1S/C22H19N3O2S/c1-14-7-9-16(10-8-14)20-13-25-22(27-20)19-6-4-3-5-18(19)21(26)24-12-17-11-23-15(2)28-17/h3-11,13H,12H2,1-2H3,(H,24,26). The second-order valence-corrected chi connectivity index (χ2v) is 7.79. The van der Waals surface area contributed by atoms with Crippen molar-refractivity contribution in [2.24, 2.45) is 0 Å². The summed E-state index contributed by atoms with van der Waals surface area (Å²) < 4.78 is 5.95. The van der Waals surface area contributed by atoms with Gasteiger partial charge in [-0.2, -0.15) is 0 Å². The van der Waals surface area contributed by atoms with Crippen molar-refractivity contribution in [2.75, 3.05) is 0 Å². The third-order valence-electron chi connectivity index (χ3n) is 4.34. The highest BCUT2D eigenvalue weighted by Crippen LogP contribution is 2.28. The number of rotatable bonds is 5. The maximum absolute atomic E-state index is 12.7. The van der Waals surface area contributed by atoms with Gasteiger partial charge in [0.05, 0.1) is 23.3 Å². The van der Waals surface area contributed by atoms with Crippen LogP contribution in [0.1, 0.15) is 25.8 Å². The van der Waals surface area contributed by atoms with Crippen LogP contribution in [0.5, 0.6) is 0 Å². The van der Waals surface area contributed by atoms with Crippen molar-refractivity contribution in [2.45, 2.75) is 20.4 Å². The molecule has 0 aliphatic carbocycles. The lowest BCUT2D eigenvalue weighted by Gasteiger charge is -2.07. The molecule has 28 heavy (non-hydrogen) atoms. The maximum Gasteiger partial charge on any atom is 0.252 e. The molecule has 140 valence electrons. The van der Waals surface area contributed by atoms with Crippen LogP contribution in [-0.4, -0.2) is 15.9 Å². The summed E-state index contributed by atoms with van der Waals surface area (Å²) in [6.45, 7) is 4.43. The van der Waals surface area contributed by atoms with Crippen molar-refractivity contribution in [1.82, 2.24) is 15.3 Å². The Morgan fingerprint density at radius 2 is 1.82 bits per heavy atom. The molecule has 0 saturated carbocycles. The number of nitrogens with zero attached hydrogens (tertiary/aromatic N) is 2. The minimum Gasteiger partial charge on any atom is -0.436 e. The number of hydrogen-bond acceptors (Lipinski definition) is 5. The van der Waals surface area contributed by atoms with Crippen LogP contribution < -0.4 is 5.32 Å². The van der Waals surface area contributed by atoms with Gasteiger partial charge in [-0.15, -0.1) is 11.3 Å². The van der Waals surface area contributed by atoms with Crippen molar-refractivity contribution < 1.29 is 9.21 Å². The molecule has 2 heterocycles. The number of hydrogen-bond donors (Lipinski definition) is 1. The van der Waals surface area contributed by atoms with Gasteiger partial charge < -0.3 is 9.73 Å². The fraction of sp³-hybridized carbons (Fsp3) is 0.136. The molecule has 0 fully saturated rings. The molecule has 0 aliphatic rings. The van der Waals surface area contributed by atoms with Crippen LogP contribution in [0.15, 0.2) is 65.3 Å². The summed E-state index contributed by atoms with van der Waals surface area (Å²) in [4.78, 5) is 22.4. The van der Waals surface area contributed by atoms with Gasteiger partial charge in [0.2, 0.25) is 5.89 Å². The second-order valence-electron chi connectivity index (χ2n) is 6.47. The van der Waals surface area contributed by atoms with E-state index in [1.807, 2.05) is 56.3 Å². The van der Waals surface area contributed by atoms with Gasteiger partial charge in [-0.3, -0.25) is 4.79 Å². The number of amides is 1. The zero-order valence-corrected chi connectivity index (χ0v) is 16.4. The number of nitrogens with one attached hydrogen (secondary N) is 1. The zero-order chi connectivity index (χ0) is 19.5. The predicted octanol–water partition coefficient (Wildman–Crippen LogP) is 5.01. The van der Waals surface area contributed by atoms with Gasteiger partial charge in [0, 0.05) is 22.2 Å². The van der Waals surface area contributed by atoms with Crippen LogP contribution in [-0.2, 0) is 6.54 Å². The number of benzene rings is 2. The summed E-state index contributed by atoms with van der Waals surface area (Å²) >= 11 is 1.57. The van der Waals surface area contributed by atoms with Crippen molar-refractivity contribution in [1.29, 1.82) is 0 Å². The van der Waals surface area contributed by atoms with E-state index in [1.54, 1.807) is 29.8 Å². The summed E-state index contributed by atoms with van der Waals surface area (Å²) in [5, 5.41) is 3.93. The Hall–Kier alpha value is -3.25. The lowest BCUT2D eigenvalue weighted by molar-refractivity contribution is 0.0951. The maximum atomic E-state index is 12.7. The molecule has 5 nitrogen and oxygen atoms in total. The Labute approximate surface area is 167 Å². The topological polar surface area (TPSA) is 68.0 Å². The molecule has 1 N–H and O–H groups in total. The summed E-state index contributed by atoms with van der Waals surface area (Å²) in [5.74, 6) is 0.928. The van der Waals surface area contributed by atoms with Crippen LogP contribution in [0.25, 0.3) is 22.8 Å². The Bertz CT molecular complexity index is 1110. The SMILES string of the molecule is Cc1ccc(-c2cnc(-c3ccccc3C(=O)NCc3cnc(C)s3)o2)cc1. The molecule has 0 saturated heterocycles. The molecule has 0 unspecified atom stereocenters. The van der Waals surface area contributed by atoms with Gasteiger partial charge >= 0.3 is 0 Å². The first-order valence-corrected chi connectivity index (χ1v) is 9.73. The number of thiazole rings is 1. The molecule has 4 aromatic rings. The van der Waals surface area contributed by atoms with Crippen LogP contribution in [0.2, 0.25) is 0 Å². The third-order valence-corrected chi connectivity index (χ3v) is 5.25. The molecule has 0 aliphatic heterocycles. The largest absolute Gasteiger partial charge is 0.436 e. The molecular weight excluding hydrogens is 370 g/mol. The lowest BCUT2D eigenvalue weighted by Crippen LogP contribution is -2.23. The van der Waals surface area contributed by atoms with Gasteiger partial charge in [0.25, 0.3) is 5.91 Å². The van der Waals surface area contributed by atoms with Crippen LogP contribution in [0.4, 0.5) is 0 Å². The first kappa shape index (κ1) is 18.1. The van der Waals surface area contributed by atoms with Crippen molar-refractivity contribution >= 4 is 17.2 Å². The van der Waals surface area contributed by atoms with Gasteiger partial charge in [-0.05, 0) is 26.0 Å². The van der Waals surface area contributed by atoms with Crippen LogP contribution >= 0.6 is 11.3 Å². The Morgan fingerprint density at radius 3 is 2.57 bits per heavy atom. The monoisotopic (exact) mass is 389 g/mol. The van der Waals surface area contributed by atoms with E-state index >= 15 is 0 Å². The molecule has 0 atom stereocenters. The minimum absolute atomic E-state index is 0.170. The quantitative estimate of drug-likeness (QED) is 0.521. The number of aromatic nitrogens is 2. The van der Waals surface area contributed by atoms with E-state index in [9.17, 15) is 4.79 Å². The fourth-order valence-corrected chi connectivity index (χ4v) is 3.60. The molecule has 2 aromatic carbocycles. The smallest absolute Gasteiger partial charge is 0.252 e. The Kier molecular flexibility index (Phi) is 5.04. The van der Waals surface area contributed by atoms with Crippen molar-refractivity contribution in [3.05, 3.63) is 81.9 Å². The van der Waals surface area contributed by atoms with Gasteiger partial charge in [-0.25, -0.2) is 9.97 Å².